The van der Waals surface area contributed by atoms with Crippen molar-refractivity contribution in [1.29, 1.82) is 0 Å². The van der Waals surface area contributed by atoms with Gasteiger partial charge >= 0.3 is 5.97 Å². The molecule has 0 saturated heterocycles. The molecule has 0 fully saturated rings. The van der Waals surface area contributed by atoms with Gasteiger partial charge in [0.05, 0.1) is 5.92 Å². The molecular formula is C20H19FN2O3. The lowest BCUT2D eigenvalue weighted by molar-refractivity contribution is -0.154. The van der Waals surface area contributed by atoms with Gasteiger partial charge in [-0.3, -0.25) is 4.79 Å². The zero-order valence-electron chi connectivity index (χ0n) is 14.6. The Hall–Kier alpha value is -3.02. The molecule has 5 nitrogen and oxygen atoms in total. The molecule has 1 aromatic heterocycles. The average Bonchev–Trinajstić information content (AvgIpc) is 3.12. The van der Waals surface area contributed by atoms with Gasteiger partial charge in [-0.1, -0.05) is 37.3 Å². The molecule has 0 spiro atoms. The molecule has 0 radical (unpaired) electrons. The van der Waals surface area contributed by atoms with E-state index < -0.39 is 18.0 Å². The summed E-state index contributed by atoms with van der Waals surface area (Å²) in [5.74, 6) is -0.542. The van der Waals surface area contributed by atoms with Crippen LogP contribution in [0.5, 0.6) is 0 Å². The Morgan fingerprint density at radius 2 is 1.88 bits per heavy atom. The highest BCUT2D eigenvalue weighted by Crippen LogP contribution is 2.23. The summed E-state index contributed by atoms with van der Waals surface area (Å²) in [6.07, 6.45) is -0.273. The molecule has 6 heteroatoms. The number of hydrogen-bond acceptors (Lipinski definition) is 5. The first-order chi connectivity index (χ1) is 12.5. The second kappa shape index (κ2) is 7.91. The quantitative estimate of drug-likeness (QED) is 0.616. The van der Waals surface area contributed by atoms with Crippen molar-refractivity contribution < 1.29 is 18.3 Å². The van der Waals surface area contributed by atoms with Crippen LogP contribution < -0.4 is 0 Å². The predicted octanol–water partition coefficient (Wildman–Crippen LogP) is 4.36. The summed E-state index contributed by atoms with van der Waals surface area (Å²) < 4.78 is 24.3. The highest BCUT2D eigenvalue weighted by molar-refractivity contribution is 5.72. The van der Waals surface area contributed by atoms with Crippen LogP contribution in [-0.2, 0) is 16.0 Å². The third-order valence-corrected chi connectivity index (χ3v) is 3.94. The normalized spacial score (nSPS) is 13.2. The number of rotatable bonds is 6. The van der Waals surface area contributed by atoms with E-state index in [1.54, 1.807) is 26.0 Å². The minimum absolute atomic E-state index is 0.232. The molecule has 1 heterocycles. The first-order valence-corrected chi connectivity index (χ1v) is 8.36. The summed E-state index contributed by atoms with van der Waals surface area (Å²) in [6.45, 7) is 3.41. The number of nitrogens with zero attached hydrogens (tertiary/aromatic N) is 2. The number of aromatic nitrogens is 2. The predicted molar refractivity (Wildman–Crippen MR) is 93.5 cm³/mol. The van der Waals surface area contributed by atoms with Gasteiger partial charge in [-0.05, 0) is 43.2 Å². The summed E-state index contributed by atoms with van der Waals surface area (Å²) in [4.78, 5) is 12.3. The fourth-order valence-corrected chi connectivity index (χ4v) is 2.54. The largest absolute Gasteiger partial charge is 0.452 e. The Morgan fingerprint density at radius 1 is 1.12 bits per heavy atom. The molecule has 3 aromatic rings. The van der Waals surface area contributed by atoms with E-state index in [1.807, 2.05) is 30.3 Å². The van der Waals surface area contributed by atoms with Crippen LogP contribution in [0.1, 0.15) is 31.4 Å². The SMILES string of the molecule is CC(Cc1cccc(F)c1)C(=O)OC(C)c1nnc(-c2ccccc2)o1. The van der Waals surface area contributed by atoms with Crippen molar-refractivity contribution in [2.24, 2.45) is 5.92 Å². The highest BCUT2D eigenvalue weighted by Gasteiger charge is 2.22. The molecule has 0 aliphatic heterocycles. The topological polar surface area (TPSA) is 65.2 Å². The third kappa shape index (κ3) is 4.33. The van der Waals surface area contributed by atoms with Crippen molar-refractivity contribution in [2.75, 3.05) is 0 Å². The van der Waals surface area contributed by atoms with Gasteiger partial charge in [0.2, 0.25) is 5.89 Å². The van der Waals surface area contributed by atoms with Crippen molar-refractivity contribution >= 4 is 5.97 Å². The maximum Gasteiger partial charge on any atom is 0.309 e. The molecule has 2 aromatic carbocycles. The summed E-state index contributed by atoms with van der Waals surface area (Å²) in [5.41, 5.74) is 1.54. The van der Waals surface area contributed by atoms with Crippen LogP contribution in [0.2, 0.25) is 0 Å². The van der Waals surface area contributed by atoms with Gasteiger partial charge in [-0.2, -0.15) is 0 Å². The minimum atomic E-state index is -0.664. The van der Waals surface area contributed by atoms with E-state index >= 15 is 0 Å². The van der Waals surface area contributed by atoms with Gasteiger partial charge in [-0.25, -0.2) is 4.39 Å². The van der Waals surface area contributed by atoms with Crippen LogP contribution in [0, 0.1) is 11.7 Å². The zero-order chi connectivity index (χ0) is 18.5. The van der Waals surface area contributed by atoms with Crippen molar-refractivity contribution in [3.63, 3.8) is 0 Å². The zero-order valence-corrected chi connectivity index (χ0v) is 14.6. The van der Waals surface area contributed by atoms with Gasteiger partial charge in [0.15, 0.2) is 6.10 Å². The molecule has 134 valence electrons. The van der Waals surface area contributed by atoms with Crippen molar-refractivity contribution in [1.82, 2.24) is 10.2 Å². The van der Waals surface area contributed by atoms with E-state index in [9.17, 15) is 9.18 Å². The molecule has 0 N–H and O–H groups in total. The summed E-state index contributed by atoms with van der Waals surface area (Å²) in [7, 11) is 0. The molecule has 26 heavy (non-hydrogen) atoms. The van der Waals surface area contributed by atoms with E-state index in [2.05, 4.69) is 10.2 Å². The van der Waals surface area contributed by atoms with Gasteiger partial charge in [0.25, 0.3) is 5.89 Å². The maximum atomic E-state index is 13.2. The second-order valence-electron chi connectivity index (χ2n) is 6.13. The van der Waals surface area contributed by atoms with Gasteiger partial charge in [-0.15, -0.1) is 10.2 Å². The molecule has 0 aliphatic carbocycles. The number of esters is 1. The Bertz CT molecular complexity index is 880. The van der Waals surface area contributed by atoms with Crippen molar-refractivity contribution in [2.45, 2.75) is 26.4 Å². The van der Waals surface area contributed by atoms with Crippen LogP contribution >= 0.6 is 0 Å². The smallest absolute Gasteiger partial charge is 0.309 e. The van der Waals surface area contributed by atoms with Crippen molar-refractivity contribution in [3.05, 3.63) is 71.9 Å². The molecule has 2 unspecified atom stereocenters. The number of ether oxygens (including phenoxy) is 1. The summed E-state index contributed by atoms with van der Waals surface area (Å²) in [5, 5.41) is 7.94. The second-order valence-corrected chi connectivity index (χ2v) is 6.13. The number of benzene rings is 2. The van der Waals surface area contributed by atoms with Gasteiger partial charge < -0.3 is 9.15 Å². The van der Waals surface area contributed by atoms with E-state index in [-0.39, 0.29) is 11.7 Å². The van der Waals surface area contributed by atoms with Gasteiger partial charge in [0, 0.05) is 5.56 Å². The summed E-state index contributed by atoms with van der Waals surface area (Å²) in [6, 6.07) is 15.5. The lowest BCUT2D eigenvalue weighted by Crippen LogP contribution is -2.19. The number of carbonyl (C=O) groups is 1. The molecule has 0 saturated carbocycles. The molecule has 0 amide bonds. The molecule has 0 aliphatic rings. The molecular weight excluding hydrogens is 335 g/mol. The van der Waals surface area contributed by atoms with E-state index in [1.165, 1.54) is 12.1 Å². The fourth-order valence-electron chi connectivity index (χ4n) is 2.54. The first-order valence-electron chi connectivity index (χ1n) is 8.36. The van der Waals surface area contributed by atoms with Crippen LogP contribution in [0.15, 0.2) is 59.0 Å². The number of carbonyl (C=O) groups excluding carboxylic acids is 1. The fraction of sp³-hybridized carbons (Fsp3) is 0.250. The van der Waals surface area contributed by atoms with E-state index in [0.717, 1.165) is 11.1 Å². The third-order valence-electron chi connectivity index (χ3n) is 3.94. The lowest BCUT2D eigenvalue weighted by Gasteiger charge is -2.14. The number of halogens is 1. The van der Waals surface area contributed by atoms with Crippen LogP contribution in [-0.4, -0.2) is 16.2 Å². The van der Waals surface area contributed by atoms with E-state index in [4.69, 9.17) is 9.15 Å². The van der Waals surface area contributed by atoms with Crippen molar-refractivity contribution in [3.8, 4) is 11.5 Å². The Labute approximate surface area is 150 Å². The first kappa shape index (κ1) is 17.8. The highest BCUT2D eigenvalue weighted by atomic mass is 19.1. The summed E-state index contributed by atoms with van der Waals surface area (Å²) >= 11 is 0. The molecule has 2 atom stereocenters. The standard InChI is InChI=1S/C20H19FN2O3/c1-13(11-15-7-6-10-17(21)12-15)20(24)25-14(2)18-22-23-19(26-18)16-8-4-3-5-9-16/h3-10,12-14H,11H2,1-2H3. The Balaban J connectivity index is 1.61. The number of hydrogen-bond donors (Lipinski definition) is 0. The van der Waals surface area contributed by atoms with Crippen LogP contribution in [0.4, 0.5) is 4.39 Å². The minimum Gasteiger partial charge on any atom is -0.452 e. The van der Waals surface area contributed by atoms with Crippen LogP contribution in [0.25, 0.3) is 11.5 Å². The van der Waals surface area contributed by atoms with Gasteiger partial charge in [0.1, 0.15) is 5.82 Å². The molecule has 3 rings (SSSR count). The van der Waals surface area contributed by atoms with Crippen LogP contribution in [0.3, 0.4) is 0 Å². The average molecular weight is 354 g/mol. The monoisotopic (exact) mass is 354 g/mol. The Morgan fingerprint density at radius 3 is 2.62 bits per heavy atom. The van der Waals surface area contributed by atoms with E-state index in [0.29, 0.717) is 12.3 Å². The lowest BCUT2D eigenvalue weighted by atomic mass is 10.0. The molecule has 0 bridgehead atoms. The Kier molecular flexibility index (Phi) is 5.41. The maximum absolute atomic E-state index is 13.2.